The number of phenols is 1. The molecule has 0 bridgehead atoms. The van der Waals surface area contributed by atoms with Crippen LogP contribution in [0.2, 0.25) is 0 Å². The minimum absolute atomic E-state index is 0.111. The van der Waals surface area contributed by atoms with Crippen LogP contribution in [0.3, 0.4) is 0 Å². The second kappa shape index (κ2) is 8.31. The molecule has 2 atom stereocenters. The quantitative estimate of drug-likeness (QED) is 0.460. The fourth-order valence-electron chi connectivity index (χ4n) is 3.27. The first-order valence-electron chi connectivity index (χ1n) is 8.96. The second-order valence-corrected chi connectivity index (χ2v) is 7.83. The number of benzene rings is 2. The maximum absolute atomic E-state index is 14.0. The first-order chi connectivity index (χ1) is 14.1. The SMILES string of the molecule is CSCC(O)(C(Nc1cccc2nc(C)ccc12)c1ccc(F)c(O)c1)C(F)(F)F. The van der Waals surface area contributed by atoms with E-state index < -0.39 is 35.1 Å². The fourth-order valence-corrected chi connectivity index (χ4v) is 4.05. The number of hydrogen-bond acceptors (Lipinski definition) is 5. The van der Waals surface area contributed by atoms with Crippen molar-refractivity contribution in [2.24, 2.45) is 0 Å². The van der Waals surface area contributed by atoms with Crippen LogP contribution in [0.15, 0.2) is 48.5 Å². The Balaban J connectivity index is 2.18. The van der Waals surface area contributed by atoms with Gasteiger partial charge in [-0.15, -0.1) is 0 Å². The number of fused-ring (bicyclic) bond motifs is 1. The predicted octanol–water partition coefficient (Wildman–Crippen LogP) is 5.20. The summed E-state index contributed by atoms with van der Waals surface area (Å²) in [6.45, 7) is 1.80. The number of aliphatic hydroxyl groups is 1. The highest BCUT2D eigenvalue weighted by Crippen LogP contribution is 2.44. The Bertz CT molecular complexity index is 1060. The van der Waals surface area contributed by atoms with Gasteiger partial charge in [0.1, 0.15) is 0 Å². The maximum atomic E-state index is 14.0. The third-order valence-corrected chi connectivity index (χ3v) is 5.54. The summed E-state index contributed by atoms with van der Waals surface area (Å²) in [7, 11) is 0. The Morgan fingerprint density at radius 1 is 1.13 bits per heavy atom. The highest BCUT2D eigenvalue weighted by atomic mass is 32.2. The number of aromatic nitrogens is 1. The molecule has 1 heterocycles. The Labute approximate surface area is 175 Å². The van der Waals surface area contributed by atoms with Gasteiger partial charge in [-0.05, 0) is 55.1 Å². The van der Waals surface area contributed by atoms with E-state index in [1.807, 2.05) is 0 Å². The van der Waals surface area contributed by atoms with Crippen molar-refractivity contribution in [3.8, 4) is 5.75 Å². The lowest BCUT2D eigenvalue weighted by Crippen LogP contribution is -2.54. The molecule has 4 nitrogen and oxygen atoms in total. The number of rotatable bonds is 6. The number of aryl methyl sites for hydroxylation is 1. The molecule has 0 fully saturated rings. The van der Waals surface area contributed by atoms with Crippen molar-refractivity contribution in [1.29, 1.82) is 0 Å². The molecule has 0 saturated carbocycles. The van der Waals surface area contributed by atoms with E-state index in [2.05, 4.69) is 10.3 Å². The van der Waals surface area contributed by atoms with Crippen LogP contribution >= 0.6 is 11.8 Å². The van der Waals surface area contributed by atoms with Gasteiger partial charge >= 0.3 is 6.18 Å². The standard InChI is InChI=1S/C21H20F4N2O2S/c1-12-6-8-14-16(26-12)4-3-5-17(14)27-19(13-7-9-15(22)18(28)10-13)20(29,11-30-2)21(23,24)25/h3-10,19,27-29H,11H2,1-2H3. The highest BCUT2D eigenvalue weighted by molar-refractivity contribution is 7.98. The van der Waals surface area contributed by atoms with Gasteiger partial charge in [0.15, 0.2) is 17.2 Å². The highest BCUT2D eigenvalue weighted by Gasteiger charge is 2.59. The molecule has 2 aromatic carbocycles. The average molecular weight is 440 g/mol. The van der Waals surface area contributed by atoms with Gasteiger partial charge in [-0.25, -0.2) is 4.39 Å². The molecule has 0 saturated heterocycles. The molecule has 0 amide bonds. The third-order valence-electron chi connectivity index (χ3n) is 4.81. The predicted molar refractivity (Wildman–Crippen MR) is 110 cm³/mol. The lowest BCUT2D eigenvalue weighted by atomic mass is 9.88. The Kier molecular flexibility index (Phi) is 6.14. The Morgan fingerprint density at radius 2 is 1.87 bits per heavy atom. The van der Waals surface area contributed by atoms with E-state index >= 15 is 0 Å². The van der Waals surface area contributed by atoms with E-state index in [1.54, 1.807) is 37.3 Å². The molecule has 3 N–H and O–H groups in total. The van der Waals surface area contributed by atoms with Crippen LogP contribution in [-0.4, -0.2) is 39.0 Å². The van der Waals surface area contributed by atoms with Gasteiger partial charge in [0.2, 0.25) is 0 Å². The van der Waals surface area contributed by atoms with Crippen LogP contribution in [0.4, 0.5) is 23.2 Å². The zero-order chi connectivity index (χ0) is 22.1. The lowest BCUT2D eigenvalue weighted by Gasteiger charge is -2.38. The zero-order valence-corrected chi connectivity index (χ0v) is 17.0. The summed E-state index contributed by atoms with van der Waals surface area (Å²) in [6, 6.07) is 9.53. The van der Waals surface area contributed by atoms with Crippen molar-refractivity contribution in [3.63, 3.8) is 0 Å². The first-order valence-corrected chi connectivity index (χ1v) is 10.4. The lowest BCUT2D eigenvalue weighted by molar-refractivity contribution is -0.256. The van der Waals surface area contributed by atoms with E-state index in [1.165, 1.54) is 6.26 Å². The Morgan fingerprint density at radius 3 is 2.50 bits per heavy atom. The molecule has 30 heavy (non-hydrogen) atoms. The third kappa shape index (κ3) is 4.17. The van der Waals surface area contributed by atoms with Crippen LogP contribution in [0.25, 0.3) is 10.9 Å². The van der Waals surface area contributed by atoms with Crippen LogP contribution in [0.1, 0.15) is 17.3 Å². The summed E-state index contributed by atoms with van der Waals surface area (Å²) in [5, 5.41) is 23.9. The topological polar surface area (TPSA) is 65.4 Å². The molecule has 1 aromatic heterocycles. The summed E-state index contributed by atoms with van der Waals surface area (Å²) in [6.07, 6.45) is -3.56. The number of phenolic OH excluding ortho intramolecular Hbond substituents is 1. The molecule has 0 aliphatic heterocycles. The summed E-state index contributed by atoms with van der Waals surface area (Å²) in [4.78, 5) is 4.37. The summed E-state index contributed by atoms with van der Waals surface area (Å²) < 4.78 is 55.6. The molecular formula is C21H20F4N2O2S. The number of anilines is 1. The molecule has 0 aliphatic carbocycles. The number of hydrogen-bond donors (Lipinski definition) is 3. The summed E-state index contributed by atoms with van der Waals surface area (Å²) in [5.41, 5.74) is -1.68. The van der Waals surface area contributed by atoms with Crippen molar-refractivity contribution in [1.82, 2.24) is 4.98 Å². The van der Waals surface area contributed by atoms with Gasteiger partial charge in [0, 0.05) is 22.5 Å². The minimum Gasteiger partial charge on any atom is -0.505 e. The number of nitrogens with zero attached hydrogens (tertiary/aromatic N) is 1. The van der Waals surface area contributed by atoms with Gasteiger partial charge in [-0.3, -0.25) is 4.98 Å². The molecular weight excluding hydrogens is 420 g/mol. The number of halogens is 4. The molecule has 0 aliphatic rings. The van der Waals surface area contributed by atoms with E-state index in [0.717, 1.165) is 35.7 Å². The number of alkyl halides is 3. The van der Waals surface area contributed by atoms with Gasteiger partial charge in [-0.1, -0.05) is 12.1 Å². The normalized spacial score (nSPS) is 15.0. The Hall–Kier alpha value is -2.52. The zero-order valence-electron chi connectivity index (χ0n) is 16.2. The van der Waals surface area contributed by atoms with Crippen molar-refractivity contribution in [3.05, 3.63) is 65.6 Å². The van der Waals surface area contributed by atoms with Gasteiger partial charge in [-0.2, -0.15) is 24.9 Å². The number of nitrogens with one attached hydrogen (secondary N) is 1. The van der Waals surface area contributed by atoms with Crippen molar-refractivity contribution in [2.45, 2.75) is 24.7 Å². The number of pyridine rings is 1. The monoisotopic (exact) mass is 440 g/mol. The van der Waals surface area contributed by atoms with E-state index in [4.69, 9.17) is 0 Å². The molecule has 160 valence electrons. The van der Waals surface area contributed by atoms with Crippen molar-refractivity contribution < 1.29 is 27.8 Å². The van der Waals surface area contributed by atoms with E-state index in [0.29, 0.717) is 16.6 Å². The van der Waals surface area contributed by atoms with Crippen LogP contribution in [-0.2, 0) is 0 Å². The largest absolute Gasteiger partial charge is 0.505 e. The van der Waals surface area contributed by atoms with Gasteiger partial charge < -0.3 is 15.5 Å². The average Bonchev–Trinajstić information content (AvgIpc) is 2.67. The smallest absolute Gasteiger partial charge is 0.420 e. The van der Waals surface area contributed by atoms with Gasteiger partial charge in [0.05, 0.1) is 11.6 Å². The van der Waals surface area contributed by atoms with Crippen LogP contribution in [0.5, 0.6) is 5.75 Å². The van der Waals surface area contributed by atoms with Crippen molar-refractivity contribution >= 4 is 28.4 Å². The van der Waals surface area contributed by atoms with Gasteiger partial charge in [0.25, 0.3) is 0 Å². The number of aromatic hydroxyl groups is 1. The van der Waals surface area contributed by atoms with Crippen LogP contribution < -0.4 is 5.32 Å². The van der Waals surface area contributed by atoms with E-state index in [-0.39, 0.29) is 5.56 Å². The molecule has 3 aromatic rings. The molecule has 0 radical (unpaired) electrons. The summed E-state index contributed by atoms with van der Waals surface area (Å²) in [5.74, 6) is -2.44. The minimum atomic E-state index is -5.00. The molecule has 3 rings (SSSR count). The van der Waals surface area contributed by atoms with Crippen LogP contribution in [0, 0.1) is 12.7 Å². The summed E-state index contributed by atoms with van der Waals surface area (Å²) >= 11 is 0.823. The second-order valence-electron chi connectivity index (χ2n) is 6.97. The molecule has 2 unspecified atom stereocenters. The van der Waals surface area contributed by atoms with E-state index in [9.17, 15) is 27.8 Å². The van der Waals surface area contributed by atoms with Crippen molar-refractivity contribution in [2.75, 3.05) is 17.3 Å². The molecule has 9 heteroatoms. The maximum Gasteiger partial charge on any atom is 0.420 e. The number of thioether (sulfide) groups is 1. The molecule has 0 spiro atoms. The fraction of sp³-hybridized carbons (Fsp3) is 0.286. The first kappa shape index (κ1) is 22.2.